The van der Waals surface area contributed by atoms with Crippen molar-refractivity contribution in [3.05, 3.63) is 24.3 Å². The number of rotatable bonds is 44. The molecule has 6 N–H and O–H groups in total. The van der Waals surface area contributed by atoms with Gasteiger partial charge in [-0.2, -0.15) is 0 Å². The van der Waals surface area contributed by atoms with Gasteiger partial charge in [-0.1, -0.05) is 141 Å². The van der Waals surface area contributed by atoms with Crippen LogP contribution in [-0.4, -0.2) is 82.4 Å². The van der Waals surface area contributed by atoms with Crippen LogP contribution in [0, 0.1) is 23.7 Å². The summed E-state index contributed by atoms with van der Waals surface area (Å²) in [6, 6.07) is 0. The molecule has 4 atom stereocenters. The highest BCUT2D eigenvalue weighted by atomic mass is 16.5. The monoisotopic (exact) mass is 865 g/mol. The van der Waals surface area contributed by atoms with Crippen molar-refractivity contribution in [2.45, 2.75) is 194 Å². The maximum atomic E-state index is 13.5. The van der Waals surface area contributed by atoms with E-state index in [0.717, 1.165) is 116 Å². The first-order valence-corrected chi connectivity index (χ1v) is 23.8. The molecule has 0 saturated carbocycles. The number of carboxylic acids is 4. The molecule has 61 heavy (non-hydrogen) atoms. The van der Waals surface area contributed by atoms with Gasteiger partial charge in [0.15, 0.2) is 0 Å². The van der Waals surface area contributed by atoms with E-state index in [1.54, 1.807) is 0 Å². The van der Waals surface area contributed by atoms with Crippen molar-refractivity contribution in [3.63, 3.8) is 0 Å². The highest BCUT2D eigenvalue weighted by molar-refractivity contribution is 5.83. The molecule has 4 unspecified atom stereocenters. The first-order chi connectivity index (χ1) is 29.4. The fourth-order valence-corrected chi connectivity index (χ4v) is 7.60. The van der Waals surface area contributed by atoms with Gasteiger partial charge in [-0.05, 0) is 63.2 Å². The van der Waals surface area contributed by atoms with Crippen LogP contribution in [0.1, 0.15) is 194 Å². The van der Waals surface area contributed by atoms with Crippen molar-refractivity contribution in [2.24, 2.45) is 23.7 Å². The summed E-state index contributed by atoms with van der Waals surface area (Å²) in [6.45, 7) is 5.26. The van der Waals surface area contributed by atoms with E-state index in [9.17, 15) is 39.0 Å². The van der Waals surface area contributed by atoms with E-state index in [4.69, 9.17) is 14.9 Å². The van der Waals surface area contributed by atoms with E-state index in [-0.39, 0.29) is 56.6 Å². The number of carboxylic acid groups (broad SMARTS) is 4. The van der Waals surface area contributed by atoms with E-state index in [1.807, 2.05) is 24.3 Å². The number of hydrogen-bond donors (Lipinski definition) is 6. The first kappa shape index (κ1) is 57.3. The highest BCUT2D eigenvalue weighted by Gasteiger charge is 2.31. The number of carbonyl (C=O) groups is 6. The van der Waals surface area contributed by atoms with Crippen molar-refractivity contribution in [3.8, 4) is 0 Å². The van der Waals surface area contributed by atoms with Crippen LogP contribution in [0.5, 0.6) is 0 Å². The lowest BCUT2D eigenvalue weighted by Crippen LogP contribution is -2.40. The molecule has 0 aromatic carbocycles. The van der Waals surface area contributed by atoms with Crippen molar-refractivity contribution >= 4 is 35.8 Å². The Kier molecular flexibility index (Phi) is 37.9. The molecule has 0 aromatic heterocycles. The Labute approximate surface area is 367 Å². The Balaban J connectivity index is 5.27. The van der Waals surface area contributed by atoms with Gasteiger partial charge in [0.2, 0.25) is 5.91 Å². The van der Waals surface area contributed by atoms with E-state index in [0.29, 0.717) is 38.8 Å². The normalized spacial score (nSPS) is 13.5. The smallest absolute Gasteiger partial charge is 0.310 e. The van der Waals surface area contributed by atoms with Gasteiger partial charge in [0.05, 0.1) is 24.7 Å². The van der Waals surface area contributed by atoms with Gasteiger partial charge < -0.3 is 35.8 Å². The zero-order valence-corrected chi connectivity index (χ0v) is 37.9. The molecule has 352 valence electrons. The number of hydrogen-bond acceptors (Lipinski definition) is 8. The number of carbonyl (C=O) groups excluding carboxylic acids is 2. The fourth-order valence-electron chi connectivity index (χ4n) is 7.60. The van der Waals surface area contributed by atoms with E-state index in [2.05, 4.69) is 24.5 Å². The Morgan fingerprint density at radius 2 is 0.918 bits per heavy atom. The second kappa shape index (κ2) is 40.3. The lowest BCUT2D eigenvalue weighted by atomic mass is 9.84. The lowest BCUT2D eigenvalue weighted by molar-refractivity contribution is -0.154. The molecule has 1 amide bonds. The number of allylic oxidation sites excluding steroid dienone is 4. The maximum Gasteiger partial charge on any atom is 0.310 e. The molecular formula is C48H84N2O11. The third-order valence-electron chi connectivity index (χ3n) is 11.2. The molecule has 0 radical (unpaired) electrons. The average Bonchev–Trinajstić information content (AvgIpc) is 3.21. The summed E-state index contributed by atoms with van der Waals surface area (Å²) in [7, 11) is 0. The van der Waals surface area contributed by atoms with Gasteiger partial charge in [0.25, 0.3) is 0 Å². The molecule has 0 aromatic rings. The summed E-state index contributed by atoms with van der Waals surface area (Å²) in [5.74, 6) is -6.60. The molecule has 0 aliphatic rings. The minimum atomic E-state index is -1.06. The largest absolute Gasteiger partial charge is 0.481 e. The van der Waals surface area contributed by atoms with Crippen molar-refractivity contribution in [1.29, 1.82) is 0 Å². The Hall–Kier alpha value is -3.74. The maximum absolute atomic E-state index is 13.5. The van der Waals surface area contributed by atoms with E-state index < -0.39 is 41.7 Å². The van der Waals surface area contributed by atoms with Crippen molar-refractivity contribution < 1.29 is 53.9 Å². The number of amides is 1. The SMILES string of the molecule is CCCCCCCCC(C=CCCCCCCC(=O)O)C(CC(=O)O)C(=O)NCCNCCOC(=O)C(CC(=O)O)C(C=CCCCCCCC(=O)O)CCCCCCCC. The molecule has 0 aliphatic carbocycles. The zero-order chi connectivity index (χ0) is 45.4. The van der Waals surface area contributed by atoms with E-state index in [1.165, 1.54) is 12.8 Å². The quantitative estimate of drug-likeness (QED) is 0.0192. The van der Waals surface area contributed by atoms with Crippen LogP contribution in [-0.2, 0) is 33.5 Å². The lowest BCUT2D eigenvalue weighted by Gasteiger charge is -2.23. The predicted molar refractivity (Wildman–Crippen MR) is 240 cm³/mol. The number of unbranched alkanes of at least 4 members (excludes halogenated alkanes) is 18. The van der Waals surface area contributed by atoms with Crippen LogP contribution in [0.2, 0.25) is 0 Å². The predicted octanol–water partition coefficient (Wildman–Crippen LogP) is 10.1. The summed E-state index contributed by atoms with van der Waals surface area (Å²) in [6.07, 6.45) is 30.2. The number of nitrogens with one attached hydrogen (secondary N) is 2. The Morgan fingerprint density at radius 1 is 0.492 bits per heavy atom. The van der Waals surface area contributed by atoms with Crippen molar-refractivity contribution in [1.82, 2.24) is 10.6 Å². The summed E-state index contributed by atoms with van der Waals surface area (Å²) >= 11 is 0. The van der Waals surface area contributed by atoms with Crippen LogP contribution in [0.25, 0.3) is 0 Å². The van der Waals surface area contributed by atoms with Crippen molar-refractivity contribution in [2.75, 3.05) is 26.2 Å². The molecule has 0 heterocycles. The summed E-state index contributed by atoms with van der Waals surface area (Å²) < 4.78 is 5.60. The topological polar surface area (TPSA) is 217 Å². The summed E-state index contributed by atoms with van der Waals surface area (Å²) in [4.78, 5) is 72.1. The van der Waals surface area contributed by atoms with E-state index >= 15 is 0 Å². The second-order valence-electron chi connectivity index (χ2n) is 16.6. The summed E-state index contributed by atoms with van der Waals surface area (Å²) in [5.41, 5.74) is 0. The summed E-state index contributed by atoms with van der Waals surface area (Å²) in [5, 5.41) is 43.2. The third-order valence-corrected chi connectivity index (χ3v) is 11.2. The van der Waals surface area contributed by atoms with Gasteiger partial charge in [-0.15, -0.1) is 0 Å². The number of ether oxygens (including phenoxy) is 1. The standard InChI is InChI=1S/C48H84N2O11/c1-3-5-7-9-15-21-27-39(28-22-17-11-13-19-25-31-43(51)52)41(37-45(55)56)47(59)50-34-33-49-35-36-61-48(60)42(38-46(57)58)40(29-23-16-10-8-6-4-2)30-24-18-12-14-20-26-32-44(53)54/h22,24,28,30,39-42,49H,3-21,23,25-27,29,31-38H2,1-2H3,(H,50,59)(H,51,52)(H,53,54)(H,55,56)(H,57,58). The molecular weight excluding hydrogens is 781 g/mol. The van der Waals surface area contributed by atoms with Crippen LogP contribution >= 0.6 is 0 Å². The van der Waals surface area contributed by atoms with Crippen LogP contribution in [0.4, 0.5) is 0 Å². The zero-order valence-electron chi connectivity index (χ0n) is 37.9. The molecule has 0 aliphatic heterocycles. The van der Waals surface area contributed by atoms with Gasteiger partial charge in [0.1, 0.15) is 6.61 Å². The van der Waals surface area contributed by atoms with Gasteiger partial charge >= 0.3 is 29.8 Å². The van der Waals surface area contributed by atoms with Gasteiger partial charge in [-0.25, -0.2) is 0 Å². The Morgan fingerprint density at radius 3 is 1.39 bits per heavy atom. The van der Waals surface area contributed by atoms with Gasteiger partial charge in [-0.3, -0.25) is 28.8 Å². The van der Waals surface area contributed by atoms with Gasteiger partial charge in [0, 0.05) is 32.5 Å². The molecule has 0 fully saturated rings. The highest BCUT2D eigenvalue weighted by Crippen LogP contribution is 2.28. The minimum absolute atomic E-state index is 0.0268. The average molecular weight is 865 g/mol. The number of aliphatic carboxylic acids is 4. The fraction of sp³-hybridized carbons (Fsp3) is 0.792. The molecule has 0 saturated heterocycles. The van der Waals surface area contributed by atoms with Crippen LogP contribution in [0.3, 0.4) is 0 Å². The molecule has 13 heteroatoms. The van der Waals surface area contributed by atoms with Crippen LogP contribution in [0.15, 0.2) is 24.3 Å². The number of esters is 1. The molecule has 0 spiro atoms. The molecule has 13 nitrogen and oxygen atoms in total. The molecule has 0 rings (SSSR count). The molecule has 0 bridgehead atoms. The Bertz CT molecular complexity index is 1150. The minimum Gasteiger partial charge on any atom is -0.481 e. The second-order valence-corrected chi connectivity index (χ2v) is 16.6. The third kappa shape index (κ3) is 35.5. The first-order valence-electron chi connectivity index (χ1n) is 23.8. The van der Waals surface area contributed by atoms with Crippen LogP contribution < -0.4 is 10.6 Å².